The predicted molar refractivity (Wildman–Crippen MR) is 75.4 cm³/mol. The fraction of sp³-hybridized carbons (Fsp3) is 0.214. The fourth-order valence-electron chi connectivity index (χ4n) is 1.85. The summed E-state index contributed by atoms with van der Waals surface area (Å²) in [7, 11) is 0. The number of fused-ring (bicyclic) bond motifs is 1. The lowest BCUT2D eigenvalue weighted by Crippen LogP contribution is -2.20. The lowest BCUT2D eigenvalue weighted by Gasteiger charge is -2.00. The van der Waals surface area contributed by atoms with Gasteiger partial charge in [0.2, 0.25) is 5.91 Å². The molecule has 0 atom stereocenters. The molecule has 1 aromatic carbocycles. The van der Waals surface area contributed by atoms with E-state index in [1.165, 1.54) is 6.92 Å². The maximum absolute atomic E-state index is 11.7. The van der Waals surface area contributed by atoms with Crippen molar-refractivity contribution in [2.24, 2.45) is 0 Å². The molecule has 0 radical (unpaired) electrons. The molecule has 2 N–H and O–H groups in total. The van der Waals surface area contributed by atoms with Crippen molar-refractivity contribution < 1.29 is 9.21 Å². The highest BCUT2D eigenvalue weighted by Crippen LogP contribution is 2.13. The molecule has 1 heterocycles. The first-order valence-corrected chi connectivity index (χ1v) is 6.15. The number of H-pyrrole nitrogens is 1. The van der Waals surface area contributed by atoms with E-state index in [0.717, 1.165) is 0 Å². The minimum Gasteiger partial charge on any atom is -0.372 e. The highest BCUT2D eigenvalue weighted by Gasteiger charge is 2.05. The van der Waals surface area contributed by atoms with Gasteiger partial charge in [-0.25, -0.2) is 9.59 Å². The number of carbonyl (C=O) groups excluding carboxylic acids is 1. The smallest absolute Gasteiger partial charge is 0.372 e. The van der Waals surface area contributed by atoms with Gasteiger partial charge in [-0.3, -0.25) is 9.78 Å². The summed E-state index contributed by atoms with van der Waals surface area (Å²) in [5, 5.41) is 3.01. The Morgan fingerprint density at radius 3 is 2.95 bits per heavy atom. The molecule has 0 unspecified atom stereocenters. The molecule has 0 aliphatic rings. The maximum Gasteiger partial charge on any atom is 0.419 e. The Labute approximate surface area is 114 Å². The van der Waals surface area contributed by atoms with Gasteiger partial charge in [0.15, 0.2) is 0 Å². The normalized spacial score (nSPS) is 11.1. The van der Waals surface area contributed by atoms with E-state index >= 15 is 0 Å². The molecule has 0 spiro atoms. The molecule has 2 aromatic rings. The molecule has 20 heavy (non-hydrogen) atoms. The Morgan fingerprint density at radius 1 is 1.40 bits per heavy atom. The predicted octanol–water partition coefficient (Wildman–Crippen LogP) is 1.02. The van der Waals surface area contributed by atoms with E-state index in [1.807, 2.05) is 6.08 Å². The number of aromatic nitrogens is 1. The summed E-state index contributed by atoms with van der Waals surface area (Å²) in [6.07, 6.45) is 4.25. The molecule has 6 nitrogen and oxygen atoms in total. The Hall–Kier alpha value is -2.63. The standard InChI is InChI=1S/C14H14N2O4/c1-9(17)15-8-3-2-5-10-6-4-7-11-12(10)13(18)20-14(19)16-11/h2,4-7H,3,8H2,1H3,(H,15,17)(H,16,19). The summed E-state index contributed by atoms with van der Waals surface area (Å²) in [4.78, 5) is 36.0. The van der Waals surface area contributed by atoms with Gasteiger partial charge >= 0.3 is 11.4 Å². The molecule has 0 aliphatic heterocycles. The van der Waals surface area contributed by atoms with E-state index in [2.05, 4.69) is 14.7 Å². The van der Waals surface area contributed by atoms with Gasteiger partial charge in [0.25, 0.3) is 0 Å². The van der Waals surface area contributed by atoms with E-state index in [-0.39, 0.29) is 5.91 Å². The monoisotopic (exact) mass is 274 g/mol. The van der Waals surface area contributed by atoms with Crippen LogP contribution in [0.5, 0.6) is 0 Å². The summed E-state index contributed by atoms with van der Waals surface area (Å²) in [5.74, 6) is -0.851. The van der Waals surface area contributed by atoms with Crippen LogP contribution in [0.25, 0.3) is 17.0 Å². The van der Waals surface area contributed by atoms with Crippen LogP contribution in [0.2, 0.25) is 0 Å². The van der Waals surface area contributed by atoms with Gasteiger partial charge in [0.05, 0.1) is 10.9 Å². The molecule has 0 saturated carbocycles. The Balaban J connectivity index is 2.27. The zero-order valence-electron chi connectivity index (χ0n) is 10.9. The first kappa shape index (κ1) is 13.8. The lowest BCUT2D eigenvalue weighted by atomic mass is 10.1. The molecular weight excluding hydrogens is 260 g/mol. The van der Waals surface area contributed by atoms with Crippen LogP contribution in [0.15, 0.2) is 38.3 Å². The Bertz CT molecular complexity index is 771. The van der Waals surface area contributed by atoms with Crippen LogP contribution >= 0.6 is 0 Å². The topological polar surface area (TPSA) is 92.2 Å². The van der Waals surface area contributed by atoms with Crippen molar-refractivity contribution >= 4 is 22.9 Å². The number of aromatic amines is 1. The van der Waals surface area contributed by atoms with Crippen molar-refractivity contribution in [3.63, 3.8) is 0 Å². The van der Waals surface area contributed by atoms with Crippen LogP contribution in [0, 0.1) is 0 Å². The molecule has 104 valence electrons. The number of rotatable bonds is 4. The molecule has 1 aromatic heterocycles. The highest BCUT2D eigenvalue weighted by molar-refractivity contribution is 5.86. The Morgan fingerprint density at radius 2 is 2.20 bits per heavy atom. The van der Waals surface area contributed by atoms with Gasteiger partial charge < -0.3 is 9.73 Å². The van der Waals surface area contributed by atoms with Crippen LogP contribution < -0.4 is 16.7 Å². The summed E-state index contributed by atoms with van der Waals surface area (Å²) >= 11 is 0. The van der Waals surface area contributed by atoms with E-state index in [4.69, 9.17) is 0 Å². The molecule has 2 rings (SSSR count). The van der Waals surface area contributed by atoms with Gasteiger partial charge in [-0.15, -0.1) is 0 Å². The van der Waals surface area contributed by atoms with E-state index in [0.29, 0.717) is 29.4 Å². The van der Waals surface area contributed by atoms with Gasteiger partial charge in [-0.1, -0.05) is 24.3 Å². The van der Waals surface area contributed by atoms with Gasteiger partial charge in [0.1, 0.15) is 0 Å². The third kappa shape index (κ3) is 3.23. The quantitative estimate of drug-likeness (QED) is 0.814. The van der Waals surface area contributed by atoms with Gasteiger partial charge in [0, 0.05) is 13.5 Å². The van der Waals surface area contributed by atoms with Crippen LogP contribution in [0.1, 0.15) is 18.9 Å². The van der Waals surface area contributed by atoms with E-state index in [9.17, 15) is 14.4 Å². The number of carbonyl (C=O) groups is 1. The number of hydrogen-bond acceptors (Lipinski definition) is 4. The lowest BCUT2D eigenvalue weighted by molar-refractivity contribution is -0.118. The SMILES string of the molecule is CC(=O)NCCC=Cc1cccc2[nH]c(=O)oc(=O)c12. The summed E-state index contributed by atoms with van der Waals surface area (Å²) in [6.45, 7) is 1.98. The largest absolute Gasteiger partial charge is 0.419 e. The average molecular weight is 274 g/mol. The summed E-state index contributed by atoms with van der Waals surface area (Å²) in [6, 6.07) is 5.14. The minimum absolute atomic E-state index is 0.0817. The van der Waals surface area contributed by atoms with Gasteiger partial charge in [-0.05, 0) is 18.1 Å². The van der Waals surface area contributed by atoms with Crippen LogP contribution in [0.4, 0.5) is 0 Å². The summed E-state index contributed by atoms with van der Waals surface area (Å²) < 4.78 is 4.53. The third-order valence-corrected chi connectivity index (χ3v) is 2.71. The second-order valence-corrected chi connectivity index (χ2v) is 4.25. The molecule has 0 saturated heterocycles. The zero-order chi connectivity index (χ0) is 14.5. The number of nitrogens with one attached hydrogen (secondary N) is 2. The maximum atomic E-state index is 11.7. The van der Waals surface area contributed by atoms with Crippen molar-refractivity contribution in [3.8, 4) is 0 Å². The van der Waals surface area contributed by atoms with Crippen LogP contribution in [0.3, 0.4) is 0 Å². The van der Waals surface area contributed by atoms with Crippen molar-refractivity contribution in [1.82, 2.24) is 10.3 Å². The first-order chi connectivity index (χ1) is 9.58. The molecule has 0 bridgehead atoms. The van der Waals surface area contributed by atoms with Crippen molar-refractivity contribution in [1.29, 1.82) is 0 Å². The number of hydrogen-bond donors (Lipinski definition) is 2. The summed E-state index contributed by atoms with van der Waals surface area (Å²) in [5.41, 5.74) is 0.441. The van der Waals surface area contributed by atoms with E-state index in [1.54, 1.807) is 24.3 Å². The second kappa shape index (κ2) is 6.01. The molecule has 0 aliphatic carbocycles. The zero-order valence-corrected chi connectivity index (χ0v) is 10.9. The van der Waals surface area contributed by atoms with Crippen LogP contribution in [-0.2, 0) is 4.79 Å². The molecular formula is C14H14N2O4. The number of amides is 1. The first-order valence-electron chi connectivity index (χ1n) is 6.15. The number of benzene rings is 1. The average Bonchev–Trinajstić information content (AvgIpc) is 2.37. The Kier molecular flexibility index (Phi) is 4.14. The second-order valence-electron chi connectivity index (χ2n) is 4.25. The fourth-order valence-corrected chi connectivity index (χ4v) is 1.85. The third-order valence-electron chi connectivity index (χ3n) is 2.71. The molecule has 1 amide bonds. The molecule has 0 fully saturated rings. The highest BCUT2D eigenvalue weighted by atomic mass is 16.4. The van der Waals surface area contributed by atoms with E-state index < -0.39 is 11.4 Å². The van der Waals surface area contributed by atoms with Crippen molar-refractivity contribution in [2.75, 3.05) is 6.54 Å². The van der Waals surface area contributed by atoms with Crippen molar-refractivity contribution in [3.05, 3.63) is 50.8 Å². The van der Waals surface area contributed by atoms with Crippen LogP contribution in [-0.4, -0.2) is 17.4 Å². The minimum atomic E-state index is -0.769. The van der Waals surface area contributed by atoms with Crippen molar-refractivity contribution in [2.45, 2.75) is 13.3 Å². The molecule has 6 heteroatoms. The van der Waals surface area contributed by atoms with Gasteiger partial charge in [-0.2, -0.15) is 0 Å².